The first-order valence-corrected chi connectivity index (χ1v) is 8.80. The summed E-state index contributed by atoms with van der Waals surface area (Å²) >= 11 is 9.24. The van der Waals surface area contributed by atoms with E-state index >= 15 is 0 Å². The van der Waals surface area contributed by atoms with Crippen LogP contribution in [0.3, 0.4) is 0 Å². The highest BCUT2D eigenvalue weighted by atomic mass is 79.9. The number of halogens is 3. The Balaban J connectivity index is 0.00000200. The van der Waals surface area contributed by atoms with Gasteiger partial charge in [0.05, 0.1) is 5.02 Å². The van der Waals surface area contributed by atoms with E-state index in [9.17, 15) is 8.42 Å². The molecule has 1 fully saturated rings. The molecule has 1 aromatic rings. The zero-order chi connectivity index (χ0) is 13.9. The van der Waals surface area contributed by atoms with Gasteiger partial charge in [0, 0.05) is 11.0 Å². The molecule has 0 spiro atoms. The zero-order valence-electron chi connectivity index (χ0n) is 10.7. The van der Waals surface area contributed by atoms with Crippen LogP contribution in [0.4, 0.5) is 0 Å². The molecule has 1 saturated heterocycles. The van der Waals surface area contributed by atoms with E-state index < -0.39 is 10.0 Å². The summed E-state index contributed by atoms with van der Waals surface area (Å²) in [6.07, 6.45) is 1.96. The molecular weight excluding hydrogens is 387 g/mol. The second kappa shape index (κ2) is 7.96. The highest BCUT2D eigenvalue weighted by molar-refractivity contribution is 9.10. The number of hydrogen-bond donors (Lipinski definition) is 2. The SMILES string of the molecule is Cl.O=S(=O)(NCCC1CCNC1)c1cccc(Br)c1Cl. The molecular formula is C12H17BrCl2N2O2S. The van der Waals surface area contributed by atoms with Crippen molar-refractivity contribution in [2.75, 3.05) is 19.6 Å². The Morgan fingerprint density at radius 1 is 1.45 bits per heavy atom. The lowest BCUT2D eigenvalue weighted by atomic mass is 10.1. The van der Waals surface area contributed by atoms with Crippen LogP contribution in [0.5, 0.6) is 0 Å². The van der Waals surface area contributed by atoms with Crippen LogP contribution in [-0.2, 0) is 10.0 Å². The van der Waals surface area contributed by atoms with Crippen LogP contribution < -0.4 is 10.0 Å². The maximum Gasteiger partial charge on any atom is 0.242 e. The minimum absolute atomic E-state index is 0. The summed E-state index contributed by atoms with van der Waals surface area (Å²) in [4.78, 5) is 0.119. The van der Waals surface area contributed by atoms with E-state index in [0.29, 0.717) is 16.9 Å². The first-order chi connectivity index (χ1) is 9.00. The number of hydrogen-bond acceptors (Lipinski definition) is 3. The average Bonchev–Trinajstić information content (AvgIpc) is 2.85. The molecule has 0 aromatic heterocycles. The van der Waals surface area contributed by atoms with Crippen LogP contribution in [-0.4, -0.2) is 28.1 Å². The predicted molar refractivity (Wildman–Crippen MR) is 87.2 cm³/mol. The molecule has 1 aliphatic rings. The first kappa shape index (κ1) is 18.2. The second-order valence-electron chi connectivity index (χ2n) is 4.60. The molecule has 1 unspecified atom stereocenters. The third kappa shape index (κ3) is 4.58. The Hall–Kier alpha value is 0.150. The van der Waals surface area contributed by atoms with Gasteiger partial charge >= 0.3 is 0 Å². The van der Waals surface area contributed by atoms with E-state index in [4.69, 9.17) is 11.6 Å². The van der Waals surface area contributed by atoms with Crippen molar-refractivity contribution in [1.29, 1.82) is 0 Å². The number of rotatable bonds is 5. The van der Waals surface area contributed by atoms with Crippen LogP contribution >= 0.6 is 39.9 Å². The van der Waals surface area contributed by atoms with Crippen LogP contribution in [0.15, 0.2) is 27.6 Å². The van der Waals surface area contributed by atoms with E-state index in [2.05, 4.69) is 26.0 Å². The lowest BCUT2D eigenvalue weighted by Gasteiger charge is -2.11. The van der Waals surface area contributed by atoms with Crippen molar-refractivity contribution in [2.45, 2.75) is 17.7 Å². The number of benzene rings is 1. The van der Waals surface area contributed by atoms with E-state index in [1.807, 2.05) is 0 Å². The standard InChI is InChI=1S/C12H16BrClN2O2S.ClH/c13-10-2-1-3-11(12(10)14)19(17,18)16-7-5-9-4-6-15-8-9;/h1-3,9,15-16H,4-8H2;1H. The summed E-state index contributed by atoms with van der Waals surface area (Å²) in [5.74, 6) is 0.556. The van der Waals surface area contributed by atoms with Crippen LogP contribution in [0.1, 0.15) is 12.8 Å². The molecule has 0 saturated carbocycles. The van der Waals surface area contributed by atoms with Gasteiger partial charge < -0.3 is 5.32 Å². The Bertz CT molecular complexity index is 548. The van der Waals surface area contributed by atoms with Crippen LogP contribution in [0, 0.1) is 5.92 Å². The van der Waals surface area contributed by atoms with Gasteiger partial charge in [-0.1, -0.05) is 17.7 Å². The Labute approximate surface area is 139 Å². The lowest BCUT2D eigenvalue weighted by molar-refractivity contribution is 0.519. The minimum atomic E-state index is -3.54. The third-order valence-corrected chi connectivity index (χ3v) is 6.12. The molecule has 1 atom stereocenters. The molecule has 4 nitrogen and oxygen atoms in total. The quantitative estimate of drug-likeness (QED) is 0.794. The van der Waals surface area contributed by atoms with Crippen molar-refractivity contribution in [3.05, 3.63) is 27.7 Å². The fraction of sp³-hybridized carbons (Fsp3) is 0.500. The topological polar surface area (TPSA) is 58.2 Å². The van der Waals surface area contributed by atoms with E-state index in [1.54, 1.807) is 12.1 Å². The molecule has 0 amide bonds. The molecule has 20 heavy (non-hydrogen) atoms. The van der Waals surface area contributed by atoms with Gasteiger partial charge in [-0.15, -0.1) is 12.4 Å². The highest BCUT2D eigenvalue weighted by Crippen LogP contribution is 2.29. The average molecular weight is 404 g/mol. The van der Waals surface area contributed by atoms with Crippen molar-refractivity contribution >= 4 is 50.0 Å². The molecule has 2 rings (SSSR count). The van der Waals surface area contributed by atoms with Crippen molar-refractivity contribution in [1.82, 2.24) is 10.0 Å². The first-order valence-electron chi connectivity index (χ1n) is 6.15. The number of nitrogens with one attached hydrogen (secondary N) is 2. The number of sulfonamides is 1. The largest absolute Gasteiger partial charge is 0.316 e. The maximum atomic E-state index is 12.1. The van der Waals surface area contributed by atoms with Crippen molar-refractivity contribution < 1.29 is 8.42 Å². The lowest BCUT2D eigenvalue weighted by Crippen LogP contribution is -2.27. The van der Waals surface area contributed by atoms with Gasteiger partial charge in [0.1, 0.15) is 4.90 Å². The van der Waals surface area contributed by atoms with Crippen molar-refractivity contribution in [2.24, 2.45) is 5.92 Å². The summed E-state index contributed by atoms with van der Waals surface area (Å²) in [6.45, 7) is 2.44. The van der Waals surface area contributed by atoms with Gasteiger partial charge in [-0.25, -0.2) is 13.1 Å². The monoisotopic (exact) mass is 402 g/mol. The Morgan fingerprint density at radius 2 is 2.20 bits per heavy atom. The molecule has 8 heteroatoms. The van der Waals surface area contributed by atoms with Crippen molar-refractivity contribution in [3.63, 3.8) is 0 Å². The van der Waals surface area contributed by atoms with Gasteiger partial charge in [0.2, 0.25) is 10.0 Å². The molecule has 1 heterocycles. The molecule has 1 aliphatic heterocycles. The van der Waals surface area contributed by atoms with Gasteiger partial charge in [-0.3, -0.25) is 0 Å². The minimum Gasteiger partial charge on any atom is -0.316 e. The third-order valence-electron chi connectivity index (χ3n) is 3.21. The summed E-state index contributed by atoms with van der Waals surface area (Å²) in [5.41, 5.74) is 0. The predicted octanol–water partition coefficient (Wildman–Crippen LogP) is 2.80. The Morgan fingerprint density at radius 3 is 2.85 bits per heavy atom. The fourth-order valence-corrected chi connectivity index (χ4v) is 4.20. The normalized spacial score (nSPS) is 18.8. The van der Waals surface area contributed by atoms with Crippen LogP contribution in [0.25, 0.3) is 0 Å². The summed E-state index contributed by atoms with van der Waals surface area (Å²) in [6, 6.07) is 4.88. The molecule has 114 valence electrons. The Kier molecular flexibility index (Phi) is 7.24. The highest BCUT2D eigenvalue weighted by Gasteiger charge is 2.20. The van der Waals surface area contributed by atoms with Crippen LogP contribution in [0.2, 0.25) is 5.02 Å². The van der Waals surface area contributed by atoms with E-state index in [0.717, 1.165) is 25.9 Å². The molecule has 2 N–H and O–H groups in total. The summed E-state index contributed by atoms with van der Waals surface area (Å²) in [7, 11) is -3.54. The second-order valence-corrected chi connectivity index (χ2v) is 7.56. The van der Waals surface area contributed by atoms with Gasteiger partial charge in [-0.05, 0) is 59.9 Å². The zero-order valence-corrected chi connectivity index (χ0v) is 14.7. The molecule has 0 bridgehead atoms. The molecule has 0 aliphatic carbocycles. The fourth-order valence-electron chi connectivity index (χ4n) is 2.13. The van der Waals surface area contributed by atoms with Gasteiger partial charge in [0.25, 0.3) is 0 Å². The van der Waals surface area contributed by atoms with E-state index in [-0.39, 0.29) is 22.3 Å². The molecule has 1 aromatic carbocycles. The smallest absolute Gasteiger partial charge is 0.242 e. The van der Waals surface area contributed by atoms with Gasteiger partial charge in [-0.2, -0.15) is 0 Å². The van der Waals surface area contributed by atoms with Gasteiger partial charge in [0.15, 0.2) is 0 Å². The molecule has 0 radical (unpaired) electrons. The summed E-state index contributed by atoms with van der Waals surface area (Å²) in [5, 5.41) is 3.48. The maximum absolute atomic E-state index is 12.1. The van der Waals surface area contributed by atoms with Crippen molar-refractivity contribution in [3.8, 4) is 0 Å². The summed E-state index contributed by atoms with van der Waals surface area (Å²) < 4.78 is 27.5. The van der Waals surface area contributed by atoms with E-state index in [1.165, 1.54) is 6.07 Å².